The minimum absolute atomic E-state index is 0.0367. The summed E-state index contributed by atoms with van der Waals surface area (Å²) < 4.78 is 1.11. The second-order valence-corrected chi connectivity index (χ2v) is 3.24. The predicted octanol–water partition coefficient (Wildman–Crippen LogP) is 0.751. The van der Waals surface area contributed by atoms with Crippen LogP contribution in [0.1, 0.15) is 11.4 Å². The minimum atomic E-state index is -0.553. The standard InChI is InChI=1S/C9H6N6O2/c1-6-2-7(15(16)17)9(11-4-6)14-5-12-8(3-10)13-14/h2,4-5H,1H3. The van der Waals surface area contributed by atoms with Crippen LogP contribution in [0.3, 0.4) is 0 Å². The number of hydrogen-bond acceptors (Lipinski definition) is 6. The summed E-state index contributed by atoms with van der Waals surface area (Å²) in [5.41, 5.74) is 0.487. The monoisotopic (exact) mass is 230 g/mol. The van der Waals surface area contributed by atoms with Gasteiger partial charge in [0.2, 0.25) is 5.82 Å². The van der Waals surface area contributed by atoms with E-state index in [9.17, 15) is 10.1 Å². The molecular weight excluding hydrogens is 224 g/mol. The maximum absolute atomic E-state index is 10.9. The number of aryl methyl sites for hydroxylation is 1. The molecule has 0 atom stereocenters. The number of rotatable bonds is 2. The summed E-state index contributed by atoms with van der Waals surface area (Å²) in [5, 5.41) is 23.2. The molecule has 2 rings (SSSR count). The first-order valence-corrected chi connectivity index (χ1v) is 4.55. The topological polar surface area (TPSA) is 111 Å². The Bertz CT molecular complexity index is 627. The second-order valence-electron chi connectivity index (χ2n) is 3.24. The van der Waals surface area contributed by atoms with E-state index >= 15 is 0 Å². The lowest BCUT2D eigenvalue weighted by Crippen LogP contribution is -2.04. The van der Waals surface area contributed by atoms with Crippen molar-refractivity contribution in [2.24, 2.45) is 0 Å². The Balaban J connectivity index is 2.59. The Hall–Kier alpha value is -2.82. The van der Waals surface area contributed by atoms with Crippen LogP contribution in [0.2, 0.25) is 0 Å². The molecule has 2 heterocycles. The van der Waals surface area contributed by atoms with Crippen molar-refractivity contribution >= 4 is 5.69 Å². The zero-order valence-electron chi connectivity index (χ0n) is 8.73. The van der Waals surface area contributed by atoms with E-state index in [-0.39, 0.29) is 17.3 Å². The molecule has 2 aromatic rings. The van der Waals surface area contributed by atoms with Crippen molar-refractivity contribution in [2.75, 3.05) is 0 Å². The van der Waals surface area contributed by atoms with Gasteiger partial charge in [0.15, 0.2) is 0 Å². The van der Waals surface area contributed by atoms with Crippen LogP contribution in [0.15, 0.2) is 18.6 Å². The molecule has 8 heteroatoms. The van der Waals surface area contributed by atoms with Gasteiger partial charge < -0.3 is 0 Å². The SMILES string of the molecule is Cc1cnc(-n2cnc(C#N)n2)c([N+](=O)[O-])c1. The van der Waals surface area contributed by atoms with Gasteiger partial charge in [-0.15, -0.1) is 5.10 Å². The van der Waals surface area contributed by atoms with Gasteiger partial charge >= 0.3 is 5.69 Å². The summed E-state index contributed by atoms with van der Waals surface area (Å²) in [6.07, 6.45) is 2.69. The van der Waals surface area contributed by atoms with Crippen LogP contribution in [0.25, 0.3) is 5.82 Å². The summed E-state index contributed by atoms with van der Waals surface area (Å²) in [7, 11) is 0. The van der Waals surface area contributed by atoms with Crippen molar-refractivity contribution in [1.29, 1.82) is 5.26 Å². The first-order chi connectivity index (χ1) is 8.11. The molecule has 0 unspecified atom stereocenters. The first-order valence-electron chi connectivity index (χ1n) is 4.55. The Morgan fingerprint density at radius 3 is 2.88 bits per heavy atom. The Kier molecular flexibility index (Phi) is 2.50. The zero-order chi connectivity index (χ0) is 12.4. The summed E-state index contributed by atoms with van der Waals surface area (Å²) >= 11 is 0. The van der Waals surface area contributed by atoms with E-state index in [4.69, 9.17) is 5.26 Å². The number of hydrogen-bond donors (Lipinski definition) is 0. The van der Waals surface area contributed by atoms with Crippen LogP contribution in [0.5, 0.6) is 0 Å². The lowest BCUT2D eigenvalue weighted by molar-refractivity contribution is -0.385. The fourth-order valence-corrected chi connectivity index (χ4v) is 1.27. The molecule has 0 aliphatic carbocycles. The molecule has 0 amide bonds. The Labute approximate surface area is 95.3 Å². The van der Waals surface area contributed by atoms with E-state index in [2.05, 4.69) is 15.1 Å². The second kappa shape index (κ2) is 3.97. The van der Waals surface area contributed by atoms with Gasteiger partial charge in [-0.1, -0.05) is 0 Å². The molecule has 0 spiro atoms. The average Bonchev–Trinajstić information content (AvgIpc) is 2.77. The molecule has 0 saturated heterocycles. The van der Waals surface area contributed by atoms with E-state index < -0.39 is 4.92 Å². The largest absolute Gasteiger partial charge is 0.314 e. The van der Waals surface area contributed by atoms with Crippen molar-refractivity contribution in [3.8, 4) is 11.9 Å². The van der Waals surface area contributed by atoms with E-state index in [1.165, 1.54) is 18.6 Å². The van der Waals surface area contributed by atoms with Crippen LogP contribution in [-0.2, 0) is 0 Å². The van der Waals surface area contributed by atoms with Crippen LogP contribution < -0.4 is 0 Å². The maximum atomic E-state index is 10.9. The van der Waals surface area contributed by atoms with Gasteiger partial charge in [0, 0.05) is 12.3 Å². The maximum Gasteiger partial charge on any atom is 0.314 e. The van der Waals surface area contributed by atoms with E-state index in [1.54, 1.807) is 13.0 Å². The minimum Gasteiger partial charge on any atom is -0.258 e. The third kappa shape index (κ3) is 1.93. The van der Waals surface area contributed by atoms with Crippen molar-refractivity contribution in [3.63, 3.8) is 0 Å². The predicted molar refractivity (Wildman–Crippen MR) is 55.3 cm³/mol. The average molecular weight is 230 g/mol. The van der Waals surface area contributed by atoms with Crippen LogP contribution in [0, 0.1) is 28.4 Å². The fraction of sp³-hybridized carbons (Fsp3) is 0.111. The zero-order valence-corrected chi connectivity index (χ0v) is 8.73. The highest BCUT2D eigenvalue weighted by atomic mass is 16.6. The Morgan fingerprint density at radius 1 is 1.53 bits per heavy atom. The molecule has 0 radical (unpaired) electrons. The van der Waals surface area contributed by atoms with Crippen molar-refractivity contribution < 1.29 is 4.92 Å². The molecule has 0 bridgehead atoms. The lowest BCUT2D eigenvalue weighted by atomic mass is 10.3. The van der Waals surface area contributed by atoms with E-state index in [0.29, 0.717) is 5.56 Å². The number of nitro groups is 1. The van der Waals surface area contributed by atoms with Crippen molar-refractivity contribution in [3.05, 3.63) is 40.1 Å². The highest BCUT2D eigenvalue weighted by molar-refractivity contribution is 5.47. The molecule has 2 aromatic heterocycles. The van der Waals surface area contributed by atoms with Gasteiger partial charge in [0.05, 0.1) is 4.92 Å². The van der Waals surface area contributed by atoms with Gasteiger partial charge in [0.25, 0.3) is 5.82 Å². The molecule has 0 aliphatic rings. The van der Waals surface area contributed by atoms with E-state index in [1.807, 2.05) is 0 Å². The number of aromatic nitrogens is 4. The molecule has 0 aliphatic heterocycles. The fourth-order valence-electron chi connectivity index (χ4n) is 1.27. The molecule has 0 aromatic carbocycles. The summed E-state index contributed by atoms with van der Waals surface area (Å²) in [6.45, 7) is 1.70. The van der Waals surface area contributed by atoms with Crippen molar-refractivity contribution in [1.82, 2.24) is 19.7 Å². The molecule has 0 fully saturated rings. The summed E-state index contributed by atoms with van der Waals surface area (Å²) in [4.78, 5) is 17.9. The first kappa shape index (κ1) is 10.7. The third-order valence-corrected chi connectivity index (χ3v) is 1.99. The molecule has 0 saturated carbocycles. The Morgan fingerprint density at radius 2 is 2.29 bits per heavy atom. The van der Waals surface area contributed by atoms with Gasteiger partial charge in [-0.05, 0) is 12.5 Å². The summed E-state index contributed by atoms with van der Waals surface area (Å²) in [5.74, 6) is -0.0312. The van der Waals surface area contributed by atoms with Crippen LogP contribution in [-0.4, -0.2) is 24.7 Å². The normalized spacial score (nSPS) is 9.88. The van der Waals surface area contributed by atoms with Gasteiger partial charge in [-0.25, -0.2) is 9.97 Å². The molecule has 8 nitrogen and oxygen atoms in total. The van der Waals surface area contributed by atoms with Gasteiger partial charge in [-0.2, -0.15) is 9.94 Å². The number of pyridine rings is 1. The van der Waals surface area contributed by atoms with E-state index in [0.717, 1.165) is 4.68 Å². The molecule has 17 heavy (non-hydrogen) atoms. The van der Waals surface area contributed by atoms with Crippen molar-refractivity contribution in [2.45, 2.75) is 6.92 Å². The third-order valence-electron chi connectivity index (χ3n) is 1.99. The highest BCUT2D eigenvalue weighted by Crippen LogP contribution is 2.20. The number of nitrogens with zero attached hydrogens (tertiary/aromatic N) is 6. The lowest BCUT2D eigenvalue weighted by Gasteiger charge is -2.01. The number of nitriles is 1. The van der Waals surface area contributed by atoms with Gasteiger partial charge in [-0.3, -0.25) is 10.1 Å². The summed E-state index contributed by atoms with van der Waals surface area (Å²) in [6, 6.07) is 3.12. The smallest absolute Gasteiger partial charge is 0.258 e. The quantitative estimate of drug-likeness (QED) is 0.556. The molecule has 84 valence electrons. The molecule has 0 N–H and O–H groups in total. The van der Waals surface area contributed by atoms with Crippen LogP contribution >= 0.6 is 0 Å². The van der Waals surface area contributed by atoms with Gasteiger partial charge in [0.1, 0.15) is 12.4 Å². The highest BCUT2D eigenvalue weighted by Gasteiger charge is 2.18. The molecular formula is C9H6N6O2. The van der Waals surface area contributed by atoms with Crippen LogP contribution in [0.4, 0.5) is 5.69 Å².